The Hall–Kier alpha value is -4.25. The molecule has 1 heterocycles. The van der Waals surface area contributed by atoms with Gasteiger partial charge in [0.05, 0.1) is 30.8 Å². The summed E-state index contributed by atoms with van der Waals surface area (Å²) in [6.07, 6.45) is 0. The number of carbonyl (C=O) groups excluding carboxylic acids is 2. The van der Waals surface area contributed by atoms with E-state index in [9.17, 15) is 14.9 Å². The number of nitrogens with zero attached hydrogens (tertiary/aromatic N) is 1. The molecule has 0 spiro atoms. The lowest BCUT2D eigenvalue weighted by Crippen LogP contribution is -2.25. The maximum atomic E-state index is 12.6. The van der Waals surface area contributed by atoms with Crippen molar-refractivity contribution in [3.63, 3.8) is 0 Å². The summed E-state index contributed by atoms with van der Waals surface area (Å²) in [6, 6.07) is 16.0. The molecule has 0 amide bonds. The number of hydrogen-bond acceptors (Lipinski definition) is 8. The van der Waals surface area contributed by atoms with Crippen LogP contribution in [-0.4, -0.2) is 25.7 Å². The number of methoxy groups -OCH3 is 1. The van der Waals surface area contributed by atoms with Crippen molar-refractivity contribution in [3.8, 4) is 11.8 Å². The van der Waals surface area contributed by atoms with Crippen molar-refractivity contribution in [1.29, 1.82) is 5.26 Å². The Balaban J connectivity index is 1.83. The Labute approximate surface area is 191 Å². The topological polar surface area (TPSA) is 121 Å². The van der Waals surface area contributed by atoms with Crippen LogP contribution in [0.3, 0.4) is 0 Å². The van der Waals surface area contributed by atoms with Gasteiger partial charge in [-0.25, -0.2) is 9.59 Å². The molecule has 2 aromatic rings. The van der Waals surface area contributed by atoms with Crippen LogP contribution in [0.5, 0.6) is 5.75 Å². The van der Waals surface area contributed by atoms with Gasteiger partial charge in [0.15, 0.2) is 0 Å². The van der Waals surface area contributed by atoms with E-state index in [1.807, 2.05) is 12.1 Å². The number of hydrogen-bond donors (Lipinski definition) is 1. The Kier molecular flexibility index (Phi) is 7.36. The quantitative estimate of drug-likeness (QED) is 0.637. The maximum absolute atomic E-state index is 12.6. The van der Waals surface area contributed by atoms with E-state index in [1.165, 1.54) is 7.11 Å². The largest absolute Gasteiger partial charge is 0.489 e. The van der Waals surface area contributed by atoms with E-state index in [0.717, 1.165) is 5.56 Å². The first-order valence-corrected chi connectivity index (χ1v) is 10.2. The molecule has 0 bridgehead atoms. The van der Waals surface area contributed by atoms with Gasteiger partial charge in [0, 0.05) is 0 Å². The van der Waals surface area contributed by atoms with E-state index in [4.69, 9.17) is 24.7 Å². The maximum Gasteiger partial charge on any atom is 0.338 e. The van der Waals surface area contributed by atoms with Crippen molar-refractivity contribution < 1.29 is 28.5 Å². The SMILES string of the molecule is CCOC(=O)C1=C(C)OC(N)=C(C#N)C1c1ccc(OCc2cccc(C(=O)OC)c2)cc1. The van der Waals surface area contributed by atoms with E-state index in [0.29, 0.717) is 22.6 Å². The van der Waals surface area contributed by atoms with E-state index < -0.39 is 17.9 Å². The van der Waals surface area contributed by atoms with Gasteiger partial charge in [-0.15, -0.1) is 0 Å². The van der Waals surface area contributed by atoms with Crippen molar-refractivity contribution in [1.82, 2.24) is 0 Å². The molecule has 1 aliphatic rings. The summed E-state index contributed by atoms with van der Waals surface area (Å²) in [4.78, 5) is 24.3. The number of rotatable bonds is 7. The highest BCUT2D eigenvalue weighted by Gasteiger charge is 2.36. The molecule has 170 valence electrons. The zero-order valence-corrected chi connectivity index (χ0v) is 18.6. The van der Waals surface area contributed by atoms with Crippen molar-refractivity contribution in [2.45, 2.75) is 26.4 Å². The van der Waals surface area contributed by atoms with Crippen LogP contribution in [0.1, 0.15) is 41.3 Å². The second-order valence-corrected chi connectivity index (χ2v) is 7.16. The number of allylic oxidation sites excluding steroid dienone is 2. The molecule has 8 heteroatoms. The monoisotopic (exact) mass is 448 g/mol. The summed E-state index contributed by atoms with van der Waals surface area (Å²) in [5.41, 5.74) is 8.20. The minimum absolute atomic E-state index is 0.0427. The lowest BCUT2D eigenvalue weighted by molar-refractivity contribution is -0.139. The second-order valence-electron chi connectivity index (χ2n) is 7.16. The number of nitriles is 1. The van der Waals surface area contributed by atoms with E-state index in [2.05, 4.69) is 0 Å². The first-order valence-electron chi connectivity index (χ1n) is 10.2. The Morgan fingerprint density at radius 3 is 2.52 bits per heavy atom. The van der Waals surface area contributed by atoms with Gasteiger partial charge in [-0.1, -0.05) is 24.3 Å². The molecule has 0 saturated heterocycles. The van der Waals surface area contributed by atoms with Gasteiger partial charge in [-0.3, -0.25) is 0 Å². The van der Waals surface area contributed by atoms with Gasteiger partial charge < -0.3 is 24.7 Å². The van der Waals surface area contributed by atoms with Gasteiger partial charge in [-0.05, 0) is 49.2 Å². The minimum Gasteiger partial charge on any atom is -0.489 e. The third-order valence-corrected chi connectivity index (χ3v) is 5.07. The van der Waals surface area contributed by atoms with Gasteiger partial charge in [0.2, 0.25) is 5.88 Å². The molecule has 0 fully saturated rings. The van der Waals surface area contributed by atoms with Crippen LogP contribution in [0, 0.1) is 11.3 Å². The van der Waals surface area contributed by atoms with E-state index in [-0.39, 0.29) is 30.2 Å². The normalized spacial score (nSPS) is 15.4. The fourth-order valence-corrected chi connectivity index (χ4v) is 3.52. The van der Waals surface area contributed by atoms with E-state index >= 15 is 0 Å². The molecule has 1 unspecified atom stereocenters. The molecule has 0 saturated carbocycles. The van der Waals surface area contributed by atoms with Crippen LogP contribution in [0.4, 0.5) is 0 Å². The number of benzene rings is 2. The molecule has 2 N–H and O–H groups in total. The Morgan fingerprint density at radius 1 is 1.15 bits per heavy atom. The summed E-state index contributed by atoms with van der Waals surface area (Å²) in [5, 5.41) is 9.65. The number of carbonyl (C=O) groups is 2. The molecule has 0 aliphatic carbocycles. The zero-order valence-electron chi connectivity index (χ0n) is 18.6. The van der Waals surface area contributed by atoms with E-state index in [1.54, 1.807) is 56.3 Å². The third kappa shape index (κ3) is 5.15. The first kappa shape index (κ1) is 23.4. The lowest BCUT2D eigenvalue weighted by atomic mass is 9.83. The summed E-state index contributed by atoms with van der Waals surface area (Å²) in [7, 11) is 1.33. The fraction of sp³-hybridized carbons (Fsp3) is 0.240. The number of esters is 2. The molecule has 33 heavy (non-hydrogen) atoms. The summed E-state index contributed by atoms with van der Waals surface area (Å²) >= 11 is 0. The summed E-state index contributed by atoms with van der Waals surface area (Å²) < 4.78 is 21.2. The third-order valence-electron chi connectivity index (χ3n) is 5.07. The predicted molar refractivity (Wildman–Crippen MR) is 119 cm³/mol. The molecule has 1 atom stereocenters. The molecule has 8 nitrogen and oxygen atoms in total. The fourth-order valence-electron chi connectivity index (χ4n) is 3.52. The van der Waals surface area contributed by atoms with Gasteiger partial charge >= 0.3 is 11.9 Å². The number of ether oxygens (including phenoxy) is 4. The second kappa shape index (κ2) is 10.4. The highest BCUT2D eigenvalue weighted by Crippen LogP contribution is 2.40. The van der Waals surface area contributed by atoms with Gasteiger partial charge in [0.1, 0.15) is 29.8 Å². The predicted octanol–water partition coefficient (Wildman–Crippen LogP) is 3.70. The lowest BCUT2D eigenvalue weighted by Gasteiger charge is -2.26. The average Bonchev–Trinajstić information content (AvgIpc) is 2.82. The zero-order chi connectivity index (χ0) is 24.0. The summed E-state index contributed by atoms with van der Waals surface area (Å²) in [6.45, 7) is 3.74. The van der Waals surface area contributed by atoms with Crippen LogP contribution >= 0.6 is 0 Å². The van der Waals surface area contributed by atoms with Crippen LogP contribution in [0.15, 0.2) is 71.3 Å². The Morgan fingerprint density at radius 2 is 1.88 bits per heavy atom. The van der Waals surface area contributed by atoms with Crippen LogP contribution in [0.2, 0.25) is 0 Å². The van der Waals surface area contributed by atoms with Crippen molar-refractivity contribution in [2.24, 2.45) is 5.73 Å². The minimum atomic E-state index is -0.714. The van der Waals surface area contributed by atoms with Crippen LogP contribution < -0.4 is 10.5 Å². The Bertz CT molecular complexity index is 1160. The molecule has 1 aliphatic heterocycles. The van der Waals surface area contributed by atoms with Gasteiger partial charge in [0.25, 0.3) is 0 Å². The average molecular weight is 448 g/mol. The number of nitrogens with two attached hydrogens (primary N) is 1. The van der Waals surface area contributed by atoms with Crippen molar-refractivity contribution >= 4 is 11.9 Å². The first-order chi connectivity index (χ1) is 15.9. The summed E-state index contributed by atoms with van der Waals surface area (Å²) in [5.74, 6) is -0.874. The highest BCUT2D eigenvalue weighted by molar-refractivity contribution is 5.92. The molecular weight excluding hydrogens is 424 g/mol. The van der Waals surface area contributed by atoms with Crippen LogP contribution in [-0.2, 0) is 25.6 Å². The molecular formula is C25H24N2O6. The molecule has 0 radical (unpaired) electrons. The van der Waals surface area contributed by atoms with Crippen LogP contribution in [0.25, 0.3) is 0 Å². The van der Waals surface area contributed by atoms with Crippen molar-refractivity contribution in [3.05, 3.63) is 88.0 Å². The molecule has 3 rings (SSSR count). The molecule has 2 aromatic carbocycles. The van der Waals surface area contributed by atoms with Crippen molar-refractivity contribution in [2.75, 3.05) is 13.7 Å². The van der Waals surface area contributed by atoms with Gasteiger partial charge in [-0.2, -0.15) is 5.26 Å². The smallest absolute Gasteiger partial charge is 0.338 e. The highest BCUT2D eigenvalue weighted by atomic mass is 16.5. The standard InChI is InChI=1S/C25H24N2O6/c1-4-31-25(29)21-15(2)33-23(27)20(13-26)22(21)17-8-10-19(11-9-17)32-14-16-6-5-7-18(12-16)24(28)30-3/h5-12,22H,4,14,27H2,1-3H3. The molecule has 0 aromatic heterocycles.